The van der Waals surface area contributed by atoms with Crippen LogP contribution in [0.15, 0.2) is 12.1 Å². The maximum Gasteiger partial charge on any atom is 0.142 e. The van der Waals surface area contributed by atoms with Gasteiger partial charge in [0.25, 0.3) is 0 Å². The maximum atomic E-state index is 13.4. The molecule has 0 amide bonds. The third-order valence-electron chi connectivity index (χ3n) is 2.42. The van der Waals surface area contributed by atoms with Gasteiger partial charge in [0.15, 0.2) is 0 Å². The number of hydrogen-bond acceptors (Lipinski definition) is 2. The number of benzene rings is 1. The zero-order valence-corrected chi connectivity index (χ0v) is 10.8. The first-order valence-corrected chi connectivity index (χ1v) is 5.54. The van der Waals surface area contributed by atoms with Crippen molar-refractivity contribution in [3.05, 3.63) is 34.4 Å². The molecule has 2 nitrogen and oxygen atoms in total. The number of halogens is 4. The number of nitrogens with two attached hydrogens (primary N) is 2. The van der Waals surface area contributed by atoms with Crippen molar-refractivity contribution >= 4 is 24.0 Å². The molecule has 0 spiro atoms. The highest BCUT2D eigenvalue weighted by Crippen LogP contribution is 2.29. The van der Waals surface area contributed by atoms with Crippen LogP contribution in [0.1, 0.15) is 30.9 Å². The average molecular weight is 285 g/mol. The Balaban J connectivity index is 0.00000256. The molecule has 0 radical (unpaired) electrons. The van der Waals surface area contributed by atoms with Crippen molar-refractivity contribution in [3.8, 4) is 0 Å². The van der Waals surface area contributed by atoms with Crippen molar-refractivity contribution in [2.45, 2.75) is 25.3 Å². The summed E-state index contributed by atoms with van der Waals surface area (Å²) in [6, 6.07) is 1.45. The van der Waals surface area contributed by atoms with E-state index >= 15 is 0 Å². The van der Waals surface area contributed by atoms with Crippen LogP contribution < -0.4 is 11.5 Å². The molecular weight excluding hydrogens is 269 g/mol. The molecule has 0 heterocycles. The van der Waals surface area contributed by atoms with Gasteiger partial charge in [-0.15, -0.1) is 12.4 Å². The summed E-state index contributed by atoms with van der Waals surface area (Å²) >= 11 is 5.69. The van der Waals surface area contributed by atoms with Gasteiger partial charge in [0.2, 0.25) is 0 Å². The highest BCUT2D eigenvalue weighted by Gasteiger charge is 2.17. The van der Waals surface area contributed by atoms with Crippen LogP contribution in [-0.2, 0) is 0 Å². The lowest BCUT2D eigenvalue weighted by molar-refractivity contribution is 0.532. The van der Waals surface area contributed by atoms with E-state index in [0.717, 1.165) is 25.0 Å². The summed E-state index contributed by atoms with van der Waals surface area (Å²) in [4.78, 5) is 0. The molecule has 17 heavy (non-hydrogen) atoms. The van der Waals surface area contributed by atoms with E-state index in [0.29, 0.717) is 13.0 Å². The first kappa shape index (κ1) is 16.6. The summed E-state index contributed by atoms with van der Waals surface area (Å²) in [6.45, 7) is 0.562. The van der Waals surface area contributed by atoms with Crippen LogP contribution in [-0.4, -0.2) is 6.54 Å². The van der Waals surface area contributed by atoms with E-state index in [1.54, 1.807) is 0 Å². The Morgan fingerprint density at radius 3 is 2.35 bits per heavy atom. The minimum Gasteiger partial charge on any atom is -0.330 e. The van der Waals surface area contributed by atoms with Crippen molar-refractivity contribution in [1.82, 2.24) is 0 Å². The monoisotopic (exact) mass is 284 g/mol. The van der Waals surface area contributed by atoms with Gasteiger partial charge in [0.05, 0.1) is 5.02 Å². The van der Waals surface area contributed by atoms with E-state index in [9.17, 15) is 8.78 Å². The van der Waals surface area contributed by atoms with Crippen molar-refractivity contribution < 1.29 is 8.78 Å². The Bertz CT molecular complexity index is 362. The predicted octanol–water partition coefficient (Wildman–Crippen LogP) is 3.17. The highest BCUT2D eigenvalue weighted by molar-refractivity contribution is 6.31. The van der Waals surface area contributed by atoms with E-state index < -0.39 is 17.7 Å². The molecule has 1 rings (SSSR count). The topological polar surface area (TPSA) is 52.0 Å². The summed E-state index contributed by atoms with van der Waals surface area (Å²) in [5.41, 5.74) is 11.2. The van der Waals surface area contributed by atoms with E-state index in [4.69, 9.17) is 23.1 Å². The van der Waals surface area contributed by atoms with Crippen LogP contribution in [0.4, 0.5) is 8.78 Å². The highest BCUT2D eigenvalue weighted by atomic mass is 35.5. The second-order valence-electron chi connectivity index (χ2n) is 3.65. The van der Waals surface area contributed by atoms with Gasteiger partial charge in [0, 0.05) is 11.6 Å². The minimum absolute atomic E-state index is 0. The number of unbranched alkanes of at least 4 members (excludes halogenated alkanes) is 1. The molecule has 4 N–H and O–H groups in total. The normalized spacial score (nSPS) is 12.1. The second-order valence-corrected chi connectivity index (χ2v) is 4.03. The standard InChI is InChI=1S/C11H15ClF2N2.ClH/c12-11-8(14)5-4-7(13)10(11)9(16)3-1-2-6-15;/h4-5,9H,1-3,6,15-16H2;1H/t9-;/m0./s1. The van der Waals surface area contributed by atoms with Gasteiger partial charge in [-0.25, -0.2) is 8.78 Å². The molecular formula is C11H16Cl2F2N2. The maximum absolute atomic E-state index is 13.4. The smallest absolute Gasteiger partial charge is 0.142 e. The Morgan fingerprint density at radius 1 is 1.18 bits per heavy atom. The van der Waals surface area contributed by atoms with Gasteiger partial charge >= 0.3 is 0 Å². The quantitative estimate of drug-likeness (QED) is 0.645. The molecule has 0 saturated carbocycles. The van der Waals surface area contributed by atoms with Gasteiger partial charge in [-0.05, 0) is 31.5 Å². The molecule has 0 aliphatic rings. The molecule has 0 aliphatic carbocycles. The summed E-state index contributed by atoms with van der Waals surface area (Å²) in [5, 5.41) is -0.222. The fourth-order valence-electron chi connectivity index (χ4n) is 1.54. The van der Waals surface area contributed by atoms with Crippen molar-refractivity contribution in [2.75, 3.05) is 6.54 Å². The molecule has 6 heteroatoms. The van der Waals surface area contributed by atoms with Crippen LogP contribution in [0.3, 0.4) is 0 Å². The van der Waals surface area contributed by atoms with Crippen LogP contribution in [0.2, 0.25) is 5.02 Å². The summed E-state index contributed by atoms with van der Waals surface area (Å²) in [7, 11) is 0. The fraction of sp³-hybridized carbons (Fsp3) is 0.455. The molecule has 0 saturated heterocycles. The lowest BCUT2D eigenvalue weighted by Gasteiger charge is -2.14. The largest absolute Gasteiger partial charge is 0.330 e. The van der Waals surface area contributed by atoms with Crippen molar-refractivity contribution in [2.24, 2.45) is 11.5 Å². The third-order valence-corrected chi connectivity index (χ3v) is 2.80. The molecule has 0 bridgehead atoms. The van der Waals surface area contributed by atoms with E-state index in [-0.39, 0.29) is 23.0 Å². The molecule has 1 aromatic carbocycles. The Hall–Kier alpha value is -0.420. The zero-order chi connectivity index (χ0) is 12.1. The van der Waals surface area contributed by atoms with Crippen LogP contribution in [0, 0.1) is 11.6 Å². The first-order chi connectivity index (χ1) is 7.57. The summed E-state index contributed by atoms with van der Waals surface area (Å²) in [5.74, 6) is -1.21. The molecule has 98 valence electrons. The third kappa shape index (κ3) is 4.39. The van der Waals surface area contributed by atoms with Gasteiger partial charge in [-0.1, -0.05) is 18.0 Å². The van der Waals surface area contributed by atoms with Crippen molar-refractivity contribution in [3.63, 3.8) is 0 Å². The van der Waals surface area contributed by atoms with Crippen LogP contribution >= 0.6 is 24.0 Å². The molecule has 0 aliphatic heterocycles. The zero-order valence-electron chi connectivity index (χ0n) is 9.26. The number of rotatable bonds is 5. The minimum atomic E-state index is -0.646. The lowest BCUT2D eigenvalue weighted by atomic mass is 10.0. The fourth-order valence-corrected chi connectivity index (χ4v) is 1.83. The van der Waals surface area contributed by atoms with Gasteiger partial charge in [0.1, 0.15) is 11.6 Å². The van der Waals surface area contributed by atoms with E-state index in [2.05, 4.69) is 0 Å². The van der Waals surface area contributed by atoms with E-state index in [1.807, 2.05) is 0 Å². The molecule has 0 unspecified atom stereocenters. The summed E-state index contributed by atoms with van der Waals surface area (Å²) < 4.78 is 26.6. The Kier molecular flexibility index (Phi) is 7.63. The van der Waals surface area contributed by atoms with Gasteiger partial charge in [-0.2, -0.15) is 0 Å². The predicted molar refractivity (Wildman–Crippen MR) is 68.4 cm³/mol. The van der Waals surface area contributed by atoms with E-state index in [1.165, 1.54) is 0 Å². The second kappa shape index (κ2) is 7.82. The van der Waals surface area contributed by atoms with Crippen LogP contribution in [0.25, 0.3) is 0 Å². The lowest BCUT2D eigenvalue weighted by Crippen LogP contribution is -2.14. The summed E-state index contributed by atoms with van der Waals surface area (Å²) in [6.07, 6.45) is 2.11. The Labute approximate surface area is 111 Å². The van der Waals surface area contributed by atoms with Gasteiger partial charge < -0.3 is 11.5 Å². The molecule has 1 aromatic rings. The average Bonchev–Trinajstić information content (AvgIpc) is 2.24. The van der Waals surface area contributed by atoms with Crippen molar-refractivity contribution in [1.29, 1.82) is 0 Å². The number of hydrogen-bond donors (Lipinski definition) is 2. The SMILES string of the molecule is Cl.NCCCC[C@H](N)c1c(F)ccc(F)c1Cl. The molecule has 0 fully saturated rings. The van der Waals surface area contributed by atoms with Gasteiger partial charge in [-0.3, -0.25) is 0 Å². The molecule has 1 atom stereocenters. The van der Waals surface area contributed by atoms with Crippen LogP contribution in [0.5, 0.6) is 0 Å². The molecule has 0 aromatic heterocycles. The Morgan fingerprint density at radius 2 is 1.76 bits per heavy atom. The first-order valence-electron chi connectivity index (χ1n) is 5.17.